The maximum Gasteiger partial charge on any atom is 0.260 e. The Morgan fingerprint density at radius 3 is 2.83 bits per heavy atom. The van der Waals surface area contributed by atoms with E-state index in [1.54, 1.807) is 17.0 Å². The average Bonchev–Trinajstić information content (AvgIpc) is 2.41. The number of nitrogens with zero attached hydrogens (tertiary/aromatic N) is 1. The Bertz CT molecular complexity index is 436. The molecule has 0 spiro atoms. The minimum absolute atomic E-state index is 0.0545. The van der Waals surface area contributed by atoms with Crippen molar-refractivity contribution in [1.82, 2.24) is 10.2 Å². The number of ether oxygens (including phenoxy) is 1. The first-order valence-corrected chi connectivity index (χ1v) is 6.52. The topological polar surface area (TPSA) is 41.6 Å². The number of amides is 1. The Morgan fingerprint density at radius 1 is 1.44 bits per heavy atom. The van der Waals surface area contributed by atoms with Gasteiger partial charge in [0, 0.05) is 32.2 Å². The van der Waals surface area contributed by atoms with Crippen molar-refractivity contribution in [3.05, 3.63) is 28.5 Å². The molecule has 18 heavy (non-hydrogen) atoms. The molecule has 1 aromatic rings. The van der Waals surface area contributed by atoms with Crippen LogP contribution in [0.3, 0.4) is 0 Å². The van der Waals surface area contributed by atoms with Crippen LogP contribution in [-0.2, 0) is 4.79 Å². The Kier molecular flexibility index (Phi) is 4.54. The maximum absolute atomic E-state index is 13.2. The quantitative estimate of drug-likeness (QED) is 0.916. The second-order valence-electron chi connectivity index (χ2n) is 4.00. The molecule has 1 N–H and O–H groups in total. The normalized spacial score (nSPS) is 15.6. The van der Waals surface area contributed by atoms with Crippen molar-refractivity contribution in [2.75, 3.05) is 32.8 Å². The molecule has 0 aromatic heterocycles. The van der Waals surface area contributed by atoms with Crippen molar-refractivity contribution in [3.63, 3.8) is 0 Å². The highest BCUT2D eigenvalue weighted by Gasteiger charge is 2.16. The average molecular weight is 317 g/mol. The first-order chi connectivity index (χ1) is 8.66. The molecule has 1 aliphatic heterocycles. The van der Waals surface area contributed by atoms with Gasteiger partial charge in [0.15, 0.2) is 6.61 Å². The van der Waals surface area contributed by atoms with E-state index in [0.29, 0.717) is 23.3 Å². The van der Waals surface area contributed by atoms with Crippen molar-refractivity contribution in [2.24, 2.45) is 0 Å². The van der Waals surface area contributed by atoms with Gasteiger partial charge in [0.05, 0.1) is 4.47 Å². The van der Waals surface area contributed by atoms with Crippen molar-refractivity contribution < 1.29 is 13.9 Å². The molecule has 4 nitrogen and oxygen atoms in total. The molecule has 2 rings (SSSR count). The third-order valence-electron chi connectivity index (χ3n) is 2.72. The van der Waals surface area contributed by atoms with Gasteiger partial charge in [-0.25, -0.2) is 4.39 Å². The first-order valence-electron chi connectivity index (χ1n) is 5.73. The molecule has 1 aliphatic rings. The molecule has 1 aromatic carbocycles. The number of halogens is 2. The number of carbonyl (C=O) groups excluding carboxylic acids is 1. The van der Waals surface area contributed by atoms with Crippen LogP contribution in [-0.4, -0.2) is 43.6 Å². The highest BCUT2D eigenvalue weighted by molar-refractivity contribution is 9.10. The minimum atomic E-state index is -0.401. The van der Waals surface area contributed by atoms with E-state index in [1.807, 2.05) is 0 Å². The molecular formula is C12H14BrFN2O2. The zero-order chi connectivity index (χ0) is 13.0. The number of piperazine rings is 1. The predicted octanol–water partition coefficient (Wildman–Crippen LogP) is 1.40. The van der Waals surface area contributed by atoms with Gasteiger partial charge in [-0.2, -0.15) is 0 Å². The SMILES string of the molecule is O=C(COc1ccc(Br)c(F)c1)N1CCNCC1. The summed E-state index contributed by atoms with van der Waals surface area (Å²) < 4.78 is 18.9. The van der Waals surface area contributed by atoms with Crippen LogP contribution >= 0.6 is 15.9 Å². The molecule has 1 fully saturated rings. The lowest BCUT2D eigenvalue weighted by molar-refractivity contribution is -0.133. The van der Waals surface area contributed by atoms with Crippen LogP contribution in [0, 0.1) is 5.82 Å². The first kappa shape index (κ1) is 13.3. The molecule has 98 valence electrons. The van der Waals surface area contributed by atoms with Crippen LogP contribution in [0.4, 0.5) is 4.39 Å². The number of hydrogen-bond acceptors (Lipinski definition) is 3. The fourth-order valence-electron chi connectivity index (χ4n) is 1.72. The lowest BCUT2D eigenvalue weighted by atomic mass is 10.3. The van der Waals surface area contributed by atoms with Crippen LogP contribution in [0.1, 0.15) is 0 Å². The number of carbonyl (C=O) groups is 1. The third-order valence-corrected chi connectivity index (χ3v) is 3.37. The summed E-state index contributed by atoms with van der Waals surface area (Å²) in [6, 6.07) is 4.44. The van der Waals surface area contributed by atoms with E-state index in [0.717, 1.165) is 13.1 Å². The van der Waals surface area contributed by atoms with Gasteiger partial charge in [-0.05, 0) is 28.1 Å². The fourth-order valence-corrected chi connectivity index (χ4v) is 1.96. The van der Waals surface area contributed by atoms with Gasteiger partial charge in [0.1, 0.15) is 11.6 Å². The molecule has 1 heterocycles. The van der Waals surface area contributed by atoms with E-state index < -0.39 is 5.82 Å². The van der Waals surface area contributed by atoms with Gasteiger partial charge in [0.25, 0.3) is 5.91 Å². The summed E-state index contributed by atoms with van der Waals surface area (Å²) in [7, 11) is 0. The van der Waals surface area contributed by atoms with E-state index in [-0.39, 0.29) is 12.5 Å². The molecule has 0 radical (unpaired) electrons. The molecule has 1 saturated heterocycles. The van der Waals surface area contributed by atoms with E-state index in [2.05, 4.69) is 21.2 Å². The van der Waals surface area contributed by atoms with Crippen molar-refractivity contribution in [3.8, 4) is 5.75 Å². The number of hydrogen-bond donors (Lipinski definition) is 1. The Balaban J connectivity index is 1.86. The van der Waals surface area contributed by atoms with Crippen molar-refractivity contribution in [2.45, 2.75) is 0 Å². The van der Waals surface area contributed by atoms with E-state index in [4.69, 9.17) is 4.74 Å². The maximum atomic E-state index is 13.2. The zero-order valence-electron chi connectivity index (χ0n) is 9.79. The number of benzene rings is 1. The summed E-state index contributed by atoms with van der Waals surface area (Å²) in [5.41, 5.74) is 0. The van der Waals surface area contributed by atoms with E-state index in [9.17, 15) is 9.18 Å². The van der Waals surface area contributed by atoms with Gasteiger partial charge in [0.2, 0.25) is 0 Å². The van der Waals surface area contributed by atoms with Crippen LogP contribution < -0.4 is 10.1 Å². The van der Waals surface area contributed by atoms with Gasteiger partial charge in [-0.1, -0.05) is 0 Å². The monoisotopic (exact) mass is 316 g/mol. The standard InChI is InChI=1S/C12H14BrFN2O2/c13-10-2-1-9(7-11(10)14)18-8-12(17)16-5-3-15-4-6-16/h1-2,7,15H,3-6,8H2. The van der Waals surface area contributed by atoms with Crippen LogP contribution in [0.5, 0.6) is 5.75 Å². The van der Waals surface area contributed by atoms with Crippen molar-refractivity contribution in [1.29, 1.82) is 0 Å². The predicted molar refractivity (Wildman–Crippen MR) is 69.0 cm³/mol. The summed E-state index contributed by atoms with van der Waals surface area (Å²) in [6.45, 7) is 2.94. The molecule has 0 saturated carbocycles. The van der Waals surface area contributed by atoms with Gasteiger partial charge in [-0.15, -0.1) is 0 Å². The second kappa shape index (κ2) is 6.15. The van der Waals surface area contributed by atoms with Gasteiger partial charge < -0.3 is 15.0 Å². The summed E-state index contributed by atoms with van der Waals surface area (Å²) in [6.07, 6.45) is 0. The molecule has 0 unspecified atom stereocenters. The Labute approximate surface area is 113 Å². The molecule has 1 amide bonds. The number of nitrogens with one attached hydrogen (secondary N) is 1. The number of rotatable bonds is 3. The van der Waals surface area contributed by atoms with Crippen LogP contribution in [0.15, 0.2) is 22.7 Å². The van der Waals surface area contributed by atoms with E-state index in [1.165, 1.54) is 6.07 Å². The summed E-state index contributed by atoms with van der Waals surface area (Å²) in [4.78, 5) is 13.5. The molecule has 0 aliphatic carbocycles. The molecule has 0 atom stereocenters. The smallest absolute Gasteiger partial charge is 0.260 e. The van der Waals surface area contributed by atoms with E-state index >= 15 is 0 Å². The van der Waals surface area contributed by atoms with Crippen LogP contribution in [0.2, 0.25) is 0 Å². The largest absolute Gasteiger partial charge is 0.484 e. The summed E-state index contributed by atoms with van der Waals surface area (Å²) in [5.74, 6) is -0.110. The summed E-state index contributed by atoms with van der Waals surface area (Å²) in [5, 5.41) is 3.17. The second-order valence-corrected chi connectivity index (χ2v) is 4.85. The van der Waals surface area contributed by atoms with Crippen LogP contribution in [0.25, 0.3) is 0 Å². The molecule has 0 bridgehead atoms. The minimum Gasteiger partial charge on any atom is -0.484 e. The fraction of sp³-hybridized carbons (Fsp3) is 0.417. The highest BCUT2D eigenvalue weighted by Crippen LogP contribution is 2.20. The molecular weight excluding hydrogens is 303 g/mol. The Morgan fingerprint density at radius 2 is 2.17 bits per heavy atom. The van der Waals surface area contributed by atoms with Gasteiger partial charge >= 0.3 is 0 Å². The summed E-state index contributed by atoms with van der Waals surface area (Å²) >= 11 is 3.06. The third kappa shape index (κ3) is 3.43. The lowest BCUT2D eigenvalue weighted by Crippen LogP contribution is -2.47. The van der Waals surface area contributed by atoms with Crippen molar-refractivity contribution >= 4 is 21.8 Å². The highest BCUT2D eigenvalue weighted by atomic mass is 79.9. The zero-order valence-corrected chi connectivity index (χ0v) is 11.4. The lowest BCUT2D eigenvalue weighted by Gasteiger charge is -2.27. The van der Waals surface area contributed by atoms with Gasteiger partial charge in [-0.3, -0.25) is 4.79 Å². The molecule has 6 heteroatoms. The Hall–Kier alpha value is -1.14.